The van der Waals surface area contributed by atoms with Crippen LogP contribution in [0.1, 0.15) is 76.8 Å². The zero-order valence-corrected chi connectivity index (χ0v) is 16.7. The van der Waals surface area contributed by atoms with Gasteiger partial charge in [0.25, 0.3) is 0 Å². The molecule has 0 amide bonds. The van der Waals surface area contributed by atoms with Crippen LogP contribution in [0.2, 0.25) is 0 Å². The summed E-state index contributed by atoms with van der Waals surface area (Å²) in [7, 11) is 0. The highest BCUT2D eigenvalue weighted by atomic mass is 15.8. The lowest BCUT2D eigenvalue weighted by Gasteiger charge is -2.21. The molecule has 1 saturated carbocycles. The van der Waals surface area contributed by atoms with Gasteiger partial charge in [0.1, 0.15) is 11.0 Å². The van der Waals surface area contributed by atoms with Crippen molar-refractivity contribution in [2.45, 2.75) is 78.1 Å². The van der Waals surface area contributed by atoms with Crippen molar-refractivity contribution in [2.75, 3.05) is 0 Å². The topological polar surface area (TPSA) is 61.4 Å². The van der Waals surface area contributed by atoms with Crippen molar-refractivity contribution in [1.82, 2.24) is 30.2 Å². The van der Waals surface area contributed by atoms with Crippen LogP contribution in [-0.4, -0.2) is 30.2 Å². The number of hydrogen-bond acceptors (Lipinski definition) is 4. The maximum absolute atomic E-state index is 4.24. The van der Waals surface area contributed by atoms with E-state index in [0.29, 0.717) is 0 Å². The summed E-state index contributed by atoms with van der Waals surface area (Å²) in [5, 5.41) is 16.6. The monoisotopic (exact) mass is 368 g/mol. The fourth-order valence-electron chi connectivity index (χ4n) is 3.68. The van der Waals surface area contributed by atoms with Gasteiger partial charge < -0.3 is 0 Å². The van der Waals surface area contributed by atoms with Gasteiger partial charge >= 0.3 is 0 Å². The second-order valence-corrected chi connectivity index (χ2v) is 7.56. The molecular weight excluding hydrogens is 336 g/mol. The molecule has 3 aromatic rings. The number of unbranched alkanes of at least 4 members (excludes halogenated alkanes) is 3. The van der Waals surface area contributed by atoms with Gasteiger partial charge in [-0.05, 0) is 34.8 Å². The first-order valence-corrected chi connectivity index (χ1v) is 10.5. The fraction of sp³-hybridized carbons (Fsp3) is 0.619. The van der Waals surface area contributed by atoms with Crippen LogP contribution in [0.25, 0.3) is 11.0 Å². The molecule has 1 fully saturated rings. The van der Waals surface area contributed by atoms with Crippen molar-refractivity contribution < 1.29 is 0 Å². The molecule has 0 saturated heterocycles. The molecule has 0 bridgehead atoms. The van der Waals surface area contributed by atoms with Crippen LogP contribution in [0.5, 0.6) is 0 Å². The second-order valence-electron chi connectivity index (χ2n) is 7.56. The molecule has 0 N–H and O–H groups in total. The molecule has 0 spiro atoms. The summed E-state index contributed by atoms with van der Waals surface area (Å²) in [5.41, 5.74) is 2.48. The van der Waals surface area contributed by atoms with Crippen LogP contribution >= 0.6 is 0 Å². The van der Waals surface area contributed by atoms with E-state index in [-0.39, 0.29) is 0 Å². The van der Waals surface area contributed by atoms with Gasteiger partial charge in [-0.25, -0.2) is 0 Å². The quantitative estimate of drug-likeness (QED) is 0.562. The predicted octanol–water partition coefficient (Wildman–Crippen LogP) is 5.18. The Morgan fingerprint density at radius 2 is 1.59 bits per heavy atom. The molecular formula is C21H32N6. The van der Waals surface area contributed by atoms with Gasteiger partial charge in [-0.3, -0.25) is 0 Å². The van der Waals surface area contributed by atoms with E-state index in [0.717, 1.165) is 22.6 Å². The molecule has 0 radical (unpaired) electrons. The first-order chi connectivity index (χ1) is 13.3. The Bertz CT molecular complexity index is 767. The number of aromatic nitrogens is 6. The number of rotatable bonds is 6. The molecule has 0 atom stereocenters. The number of hydrogen-bond donors (Lipinski definition) is 0. The van der Waals surface area contributed by atoms with E-state index >= 15 is 0 Å². The summed E-state index contributed by atoms with van der Waals surface area (Å²) in [6.45, 7) is 4.16. The molecule has 2 heterocycles. The zero-order chi connectivity index (χ0) is 18.9. The number of benzene rings is 1. The van der Waals surface area contributed by atoms with E-state index < -0.39 is 0 Å². The lowest BCUT2D eigenvalue weighted by molar-refractivity contribution is 0.328. The maximum atomic E-state index is 4.24. The zero-order valence-electron chi connectivity index (χ0n) is 16.7. The van der Waals surface area contributed by atoms with E-state index in [2.05, 4.69) is 27.3 Å². The van der Waals surface area contributed by atoms with E-state index in [9.17, 15) is 0 Å². The van der Waals surface area contributed by atoms with Crippen LogP contribution in [0.15, 0.2) is 30.5 Å². The molecule has 146 valence electrons. The third kappa shape index (κ3) is 5.88. The minimum atomic E-state index is 0.826. The van der Waals surface area contributed by atoms with Crippen molar-refractivity contribution in [3.8, 4) is 0 Å². The molecule has 1 aromatic carbocycles. The van der Waals surface area contributed by atoms with E-state index in [4.69, 9.17) is 0 Å². The second kappa shape index (κ2) is 10.2. The number of fused-ring (bicyclic) bond motifs is 1. The maximum Gasteiger partial charge on any atom is 0.115 e. The molecule has 1 aliphatic carbocycles. The largest absolute Gasteiger partial charge is 0.137 e. The van der Waals surface area contributed by atoms with Gasteiger partial charge in [-0.1, -0.05) is 83.3 Å². The van der Waals surface area contributed by atoms with Crippen molar-refractivity contribution in [2.24, 2.45) is 5.92 Å². The molecule has 6 heteroatoms. The summed E-state index contributed by atoms with van der Waals surface area (Å²) in [6, 6.07) is 7.64. The number of nitrogens with zero attached hydrogens (tertiary/aromatic N) is 6. The molecule has 2 aromatic heterocycles. The van der Waals surface area contributed by atoms with E-state index in [1.807, 2.05) is 31.2 Å². The van der Waals surface area contributed by atoms with Crippen molar-refractivity contribution >= 4 is 11.0 Å². The molecule has 4 rings (SSSR count). The Balaban J connectivity index is 0.000000161. The summed E-state index contributed by atoms with van der Waals surface area (Å²) in [5.74, 6) is 1.11. The Labute approximate surface area is 161 Å². The molecule has 6 nitrogen and oxygen atoms in total. The summed E-state index contributed by atoms with van der Waals surface area (Å²) >= 11 is 0. The Hall–Kier alpha value is -2.24. The van der Waals surface area contributed by atoms with Crippen molar-refractivity contribution in [3.05, 3.63) is 36.2 Å². The summed E-state index contributed by atoms with van der Waals surface area (Å²) in [6.07, 6.45) is 16.6. The van der Waals surface area contributed by atoms with E-state index in [1.165, 1.54) is 74.0 Å². The predicted molar refractivity (Wildman–Crippen MR) is 108 cm³/mol. The van der Waals surface area contributed by atoms with Crippen LogP contribution in [-0.2, 0) is 0 Å². The fourth-order valence-corrected chi connectivity index (χ4v) is 3.68. The normalized spacial score (nSPS) is 14.9. The van der Waals surface area contributed by atoms with Gasteiger partial charge in [0, 0.05) is 0 Å². The Morgan fingerprint density at radius 3 is 2.19 bits per heavy atom. The third-order valence-corrected chi connectivity index (χ3v) is 5.22. The van der Waals surface area contributed by atoms with E-state index in [1.54, 1.807) is 6.20 Å². The standard InChI is InChI=1S/C12H24.C9H8N6/c1-2-3-4-6-9-12-10-7-5-8-11-12;1-7-6-10-14(11-7)15-12-8-4-2-3-5-9(8)13-15/h12H,2-11H2,1H3;2-6H,1H3. The molecule has 0 aliphatic heterocycles. The average molecular weight is 369 g/mol. The van der Waals surface area contributed by atoms with Crippen LogP contribution in [0, 0.1) is 12.8 Å². The first-order valence-electron chi connectivity index (χ1n) is 10.5. The molecule has 1 aliphatic rings. The summed E-state index contributed by atoms with van der Waals surface area (Å²) in [4.78, 5) is 2.73. The van der Waals surface area contributed by atoms with Crippen molar-refractivity contribution in [3.63, 3.8) is 0 Å². The lowest BCUT2D eigenvalue weighted by atomic mass is 9.85. The first kappa shape index (κ1) is 19.5. The van der Waals surface area contributed by atoms with Crippen molar-refractivity contribution in [1.29, 1.82) is 0 Å². The minimum Gasteiger partial charge on any atom is -0.137 e. The molecule has 27 heavy (non-hydrogen) atoms. The SMILES string of the molecule is CCCCCCC1CCCCC1.Cc1cnn(-n2nc3ccccc3n2)n1. The highest BCUT2D eigenvalue weighted by molar-refractivity contribution is 5.72. The Morgan fingerprint density at radius 1 is 0.889 bits per heavy atom. The van der Waals surface area contributed by atoms with Gasteiger partial charge in [-0.15, -0.1) is 20.4 Å². The van der Waals surface area contributed by atoms with Crippen LogP contribution in [0.3, 0.4) is 0 Å². The summed E-state index contributed by atoms with van der Waals surface area (Å²) < 4.78 is 0. The minimum absolute atomic E-state index is 0.826. The van der Waals surface area contributed by atoms with Crippen LogP contribution < -0.4 is 0 Å². The Kier molecular flexibility index (Phi) is 7.36. The van der Waals surface area contributed by atoms with Gasteiger partial charge in [-0.2, -0.15) is 0 Å². The van der Waals surface area contributed by atoms with Gasteiger partial charge in [0.2, 0.25) is 0 Å². The highest BCUT2D eigenvalue weighted by Gasteiger charge is 2.12. The lowest BCUT2D eigenvalue weighted by Crippen LogP contribution is -2.16. The van der Waals surface area contributed by atoms with Gasteiger partial charge in [0.15, 0.2) is 0 Å². The highest BCUT2D eigenvalue weighted by Crippen LogP contribution is 2.27. The van der Waals surface area contributed by atoms with Gasteiger partial charge in [0.05, 0.1) is 11.9 Å². The average Bonchev–Trinajstić information content (AvgIpc) is 3.32. The third-order valence-electron chi connectivity index (χ3n) is 5.22. The van der Waals surface area contributed by atoms with Crippen LogP contribution in [0.4, 0.5) is 0 Å². The smallest absolute Gasteiger partial charge is 0.115 e. The number of aryl methyl sites for hydroxylation is 1. The molecule has 0 unspecified atom stereocenters.